The Morgan fingerprint density at radius 3 is 2.54 bits per heavy atom. The molecule has 2 amide bonds. The standard InChI is InChI=1S/C19H20N4O3.C16H20FN3/c1-14(2)23-17(9-11-22-23)8-5-10-20-18(25)19(26)21-12-15-6-3-4-7-16(15)13-24;1-19-16(4-5-16)13-6-11(7-14(17)8-13)12(9-18)10-20-15-2-3-15/h3-4,6-7,9,11,13-14H,10,12H2,1-2H3,(H,20,25)(H,21,26);6-10,15,19H,2-5,18H2,1H3/b;12-9+,20-10?. The molecule has 10 nitrogen and oxygen atoms in total. The van der Waals surface area contributed by atoms with Crippen molar-refractivity contribution in [2.45, 2.75) is 63.7 Å². The number of nitrogens with zero attached hydrogens (tertiary/aromatic N) is 3. The molecule has 3 aromatic rings. The summed E-state index contributed by atoms with van der Waals surface area (Å²) in [4.78, 5) is 38.9. The minimum Gasteiger partial charge on any atom is -0.404 e. The number of rotatable bonds is 10. The van der Waals surface area contributed by atoms with Gasteiger partial charge in [0.2, 0.25) is 0 Å². The molecule has 11 heteroatoms. The van der Waals surface area contributed by atoms with Crippen LogP contribution >= 0.6 is 0 Å². The van der Waals surface area contributed by atoms with Crippen molar-refractivity contribution < 1.29 is 18.8 Å². The summed E-state index contributed by atoms with van der Waals surface area (Å²) in [7, 11) is 1.92. The first-order valence-corrected chi connectivity index (χ1v) is 15.3. The van der Waals surface area contributed by atoms with Gasteiger partial charge < -0.3 is 21.7 Å². The van der Waals surface area contributed by atoms with Crippen molar-refractivity contribution in [1.82, 2.24) is 25.7 Å². The zero-order chi connectivity index (χ0) is 33.1. The fourth-order valence-electron chi connectivity index (χ4n) is 4.69. The maximum Gasteiger partial charge on any atom is 0.310 e. The van der Waals surface area contributed by atoms with Crippen molar-refractivity contribution in [3.63, 3.8) is 0 Å². The molecule has 2 fully saturated rings. The Kier molecular flexibility index (Phi) is 11.6. The van der Waals surface area contributed by atoms with E-state index in [2.05, 4.69) is 37.9 Å². The van der Waals surface area contributed by atoms with Crippen LogP contribution in [0.25, 0.3) is 5.57 Å². The maximum atomic E-state index is 13.9. The van der Waals surface area contributed by atoms with E-state index in [1.165, 1.54) is 12.3 Å². The summed E-state index contributed by atoms with van der Waals surface area (Å²) in [6, 6.07) is 14.4. The van der Waals surface area contributed by atoms with Crippen molar-refractivity contribution in [3.8, 4) is 11.8 Å². The molecule has 0 atom stereocenters. The van der Waals surface area contributed by atoms with Crippen molar-refractivity contribution in [1.29, 1.82) is 0 Å². The lowest BCUT2D eigenvalue weighted by atomic mass is 9.98. The molecule has 240 valence electrons. The number of hydrogen-bond acceptors (Lipinski definition) is 7. The topological polar surface area (TPSA) is 144 Å². The van der Waals surface area contributed by atoms with Crippen LogP contribution in [0.2, 0.25) is 0 Å². The number of nitrogens with one attached hydrogen (secondary N) is 3. The number of aliphatic imine (C=N–C) groups is 1. The minimum absolute atomic E-state index is 0.0421. The van der Waals surface area contributed by atoms with Gasteiger partial charge in [-0.3, -0.25) is 24.1 Å². The minimum atomic E-state index is -0.778. The summed E-state index contributed by atoms with van der Waals surface area (Å²) < 4.78 is 15.7. The van der Waals surface area contributed by atoms with Gasteiger partial charge in [0.05, 0.1) is 18.8 Å². The zero-order valence-corrected chi connectivity index (χ0v) is 26.3. The van der Waals surface area contributed by atoms with E-state index in [0.29, 0.717) is 23.5 Å². The second-order valence-electron chi connectivity index (χ2n) is 11.4. The molecule has 2 saturated carbocycles. The van der Waals surface area contributed by atoms with Crippen molar-refractivity contribution in [2.75, 3.05) is 13.6 Å². The zero-order valence-electron chi connectivity index (χ0n) is 26.3. The fourth-order valence-corrected chi connectivity index (χ4v) is 4.69. The highest BCUT2D eigenvalue weighted by atomic mass is 19.1. The first kappa shape index (κ1) is 33.8. The average Bonchev–Trinajstić information content (AvgIpc) is 4.00. The van der Waals surface area contributed by atoms with E-state index in [1.807, 2.05) is 27.0 Å². The predicted octanol–water partition coefficient (Wildman–Crippen LogP) is 3.63. The summed E-state index contributed by atoms with van der Waals surface area (Å²) in [5.41, 5.74) is 10.1. The molecule has 2 aromatic carbocycles. The molecular weight excluding hydrogens is 585 g/mol. The van der Waals surface area contributed by atoms with Crippen molar-refractivity contribution in [3.05, 3.63) is 94.7 Å². The Morgan fingerprint density at radius 1 is 1.15 bits per heavy atom. The van der Waals surface area contributed by atoms with Gasteiger partial charge in [0, 0.05) is 41.7 Å². The van der Waals surface area contributed by atoms with E-state index >= 15 is 0 Å². The van der Waals surface area contributed by atoms with E-state index in [-0.39, 0.29) is 30.5 Å². The lowest BCUT2D eigenvalue weighted by Crippen LogP contribution is -2.39. The molecule has 1 aromatic heterocycles. The number of benzene rings is 2. The van der Waals surface area contributed by atoms with Gasteiger partial charge in [-0.2, -0.15) is 5.10 Å². The number of allylic oxidation sites excluding steroid dienone is 1. The number of nitrogens with two attached hydrogens (primary N) is 1. The third-order valence-electron chi connectivity index (χ3n) is 7.70. The largest absolute Gasteiger partial charge is 0.404 e. The highest BCUT2D eigenvalue weighted by molar-refractivity contribution is 6.35. The SMILES string of the molecule is CC(C)n1nccc1C#CCNC(=O)C(=O)NCc1ccccc1C=O.CNC1(c2cc(F)cc(/C(C=NC3CC3)=C/N)c2)CC1. The second kappa shape index (κ2) is 15.8. The Hall–Kier alpha value is -5.08. The van der Waals surface area contributed by atoms with E-state index in [1.54, 1.807) is 53.5 Å². The van der Waals surface area contributed by atoms with Gasteiger partial charge in [-0.15, -0.1) is 0 Å². The highest BCUT2D eigenvalue weighted by Crippen LogP contribution is 2.45. The molecule has 5 N–H and O–H groups in total. The predicted molar refractivity (Wildman–Crippen MR) is 176 cm³/mol. The van der Waals surface area contributed by atoms with Gasteiger partial charge >= 0.3 is 11.8 Å². The quantitative estimate of drug-likeness (QED) is 0.117. The van der Waals surface area contributed by atoms with Crippen LogP contribution in [0.1, 0.15) is 78.3 Å². The highest BCUT2D eigenvalue weighted by Gasteiger charge is 2.43. The molecule has 1 heterocycles. The van der Waals surface area contributed by atoms with E-state index in [9.17, 15) is 18.8 Å². The normalized spacial score (nSPS) is 14.9. The van der Waals surface area contributed by atoms with Gasteiger partial charge in [-0.1, -0.05) is 30.2 Å². The summed E-state index contributed by atoms with van der Waals surface area (Å²) in [6.45, 7) is 4.13. The van der Waals surface area contributed by atoms with Crippen LogP contribution in [0.4, 0.5) is 4.39 Å². The van der Waals surface area contributed by atoms with Gasteiger partial charge in [0.25, 0.3) is 0 Å². The molecule has 0 radical (unpaired) electrons. The smallest absolute Gasteiger partial charge is 0.310 e. The molecule has 46 heavy (non-hydrogen) atoms. The molecule has 0 unspecified atom stereocenters. The molecule has 0 spiro atoms. The third-order valence-corrected chi connectivity index (χ3v) is 7.70. The Labute approximate surface area is 268 Å². The summed E-state index contributed by atoms with van der Waals surface area (Å²) >= 11 is 0. The van der Waals surface area contributed by atoms with Crippen LogP contribution in [-0.4, -0.2) is 53.7 Å². The van der Waals surface area contributed by atoms with Crippen molar-refractivity contribution >= 4 is 29.9 Å². The first-order chi connectivity index (χ1) is 22.2. The molecule has 0 bridgehead atoms. The number of halogens is 1. The number of amides is 2. The second-order valence-corrected chi connectivity index (χ2v) is 11.4. The van der Waals surface area contributed by atoms with Crippen LogP contribution < -0.4 is 21.7 Å². The number of aromatic nitrogens is 2. The van der Waals surface area contributed by atoms with Crippen LogP contribution in [0.5, 0.6) is 0 Å². The van der Waals surface area contributed by atoms with E-state index in [4.69, 9.17) is 5.73 Å². The molecule has 2 aliphatic carbocycles. The van der Waals surface area contributed by atoms with Gasteiger partial charge in [-0.25, -0.2) is 4.39 Å². The lowest BCUT2D eigenvalue weighted by molar-refractivity contribution is -0.139. The molecule has 2 aliphatic rings. The van der Waals surface area contributed by atoms with Crippen LogP contribution in [0.15, 0.2) is 65.9 Å². The Morgan fingerprint density at radius 2 is 1.89 bits per heavy atom. The van der Waals surface area contributed by atoms with Gasteiger partial charge in [0.15, 0.2) is 0 Å². The summed E-state index contributed by atoms with van der Waals surface area (Å²) in [6.07, 6.45) is 10.0. The number of carbonyl (C=O) groups excluding carboxylic acids is 3. The van der Waals surface area contributed by atoms with E-state index in [0.717, 1.165) is 48.1 Å². The molecule has 0 saturated heterocycles. The van der Waals surface area contributed by atoms with Crippen LogP contribution in [0.3, 0.4) is 0 Å². The number of carbonyl (C=O) groups is 3. The third kappa shape index (κ3) is 9.22. The van der Waals surface area contributed by atoms with Crippen LogP contribution in [0, 0.1) is 17.7 Å². The Bertz CT molecular complexity index is 1670. The number of hydrogen-bond donors (Lipinski definition) is 4. The lowest BCUT2D eigenvalue weighted by Gasteiger charge is -2.16. The maximum absolute atomic E-state index is 13.9. The molecular formula is C35H40FN7O3. The average molecular weight is 626 g/mol. The van der Waals surface area contributed by atoms with Gasteiger partial charge in [-0.05, 0) is 93.5 Å². The monoisotopic (exact) mass is 625 g/mol. The van der Waals surface area contributed by atoms with E-state index < -0.39 is 11.8 Å². The fraction of sp³-hybridized carbons (Fsp3) is 0.343. The Balaban J connectivity index is 0.000000215. The molecule has 0 aliphatic heterocycles. The van der Waals surface area contributed by atoms with Crippen LogP contribution in [-0.2, 0) is 21.7 Å². The molecule has 5 rings (SSSR count). The van der Waals surface area contributed by atoms with Crippen molar-refractivity contribution in [2.24, 2.45) is 10.7 Å². The summed E-state index contributed by atoms with van der Waals surface area (Å²) in [5.74, 6) is 3.92. The summed E-state index contributed by atoms with van der Waals surface area (Å²) in [5, 5.41) is 12.4. The number of aldehydes is 1. The first-order valence-electron chi connectivity index (χ1n) is 15.3. The van der Waals surface area contributed by atoms with Gasteiger partial charge in [0.1, 0.15) is 17.8 Å².